The number of pyridine rings is 1. The number of methoxy groups -OCH3 is 1. The third kappa shape index (κ3) is 3.15. The van der Waals surface area contributed by atoms with Crippen LogP contribution in [0.5, 0.6) is 5.88 Å². The summed E-state index contributed by atoms with van der Waals surface area (Å²) in [5.41, 5.74) is 0.702. The van der Waals surface area contributed by atoms with Crippen LogP contribution in [0.25, 0.3) is 0 Å². The van der Waals surface area contributed by atoms with E-state index in [-0.39, 0.29) is 24.3 Å². The fourth-order valence-corrected chi connectivity index (χ4v) is 2.59. The van der Waals surface area contributed by atoms with Crippen LogP contribution in [-0.4, -0.2) is 40.9 Å². The molecule has 0 aromatic carbocycles. The van der Waals surface area contributed by atoms with Crippen LogP contribution in [0.2, 0.25) is 0 Å². The Morgan fingerprint density at radius 1 is 1.38 bits per heavy atom. The Kier molecular flexibility index (Phi) is 4.77. The molecule has 1 N–H and O–H groups in total. The first-order chi connectivity index (χ1) is 10.1. The highest BCUT2D eigenvalue weighted by molar-refractivity contribution is 6.07. The molecule has 1 aliphatic rings. The molecule has 6 nitrogen and oxygen atoms in total. The summed E-state index contributed by atoms with van der Waals surface area (Å²) in [7, 11) is 1.54. The Hall–Kier alpha value is -2.11. The van der Waals surface area contributed by atoms with Gasteiger partial charge in [-0.15, -0.1) is 0 Å². The maximum Gasteiger partial charge on any atom is 0.252 e. The average Bonchev–Trinajstić information content (AvgIpc) is 2.77. The minimum atomic E-state index is -0.506. The van der Waals surface area contributed by atoms with Crippen molar-refractivity contribution in [3.8, 4) is 5.88 Å². The number of carbonyl (C=O) groups is 2. The van der Waals surface area contributed by atoms with Crippen molar-refractivity contribution in [3.05, 3.63) is 18.3 Å². The van der Waals surface area contributed by atoms with Crippen molar-refractivity contribution in [2.45, 2.75) is 45.2 Å². The summed E-state index contributed by atoms with van der Waals surface area (Å²) in [6.07, 6.45) is 3.35. The first-order valence-electron chi connectivity index (χ1n) is 7.23. The Morgan fingerprint density at radius 3 is 2.62 bits per heavy atom. The third-order valence-corrected chi connectivity index (χ3v) is 3.78. The molecular weight excluding hydrogens is 270 g/mol. The zero-order valence-electron chi connectivity index (χ0n) is 12.6. The van der Waals surface area contributed by atoms with E-state index in [2.05, 4.69) is 10.3 Å². The van der Waals surface area contributed by atoms with Crippen molar-refractivity contribution in [2.24, 2.45) is 0 Å². The number of anilines is 1. The van der Waals surface area contributed by atoms with Gasteiger partial charge >= 0.3 is 0 Å². The van der Waals surface area contributed by atoms with E-state index in [1.165, 1.54) is 4.90 Å². The van der Waals surface area contributed by atoms with E-state index in [1.54, 1.807) is 25.4 Å². The number of rotatable bonds is 6. The van der Waals surface area contributed by atoms with Gasteiger partial charge in [-0.25, -0.2) is 4.98 Å². The van der Waals surface area contributed by atoms with Crippen LogP contribution in [0, 0.1) is 0 Å². The van der Waals surface area contributed by atoms with Crippen molar-refractivity contribution in [1.29, 1.82) is 0 Å². The number of hydrogen-bond acceptors (Lipinski definition) is 5. The summed E-state index contributed by atoms with van der Waals surface area (Å²) in [6.45, 7) is 3.98. The van der Waals surface area contributed by atoms with E-state index in [0.29, 0.717) is 11.6 Å². The lowest BCUT2D eigenvalue weighted by Gasteiger charge is -2.24. The number of carbonyl (C=O) groups excluding carboxylic acids is 2. The van der Waals surface area contributed by atoms with Crippen LogP contribution >= 0.6 is 0 Å². The Morgan fingerprint density at radius 2 is 2.10 bits per heavy atom. The third-order valence-electron chi connectivity index (χ3n) is 3.78. The van der Waals surface area contributed by atoms with Gasteiger partial charge in [0.15, 0.2) is 0 Å². The zero-order valence-corrected chi connectivity index (χ0v) is 12.6. The topological polar surface area (TPSA) is 71.5 Å². The fourth-order valence-electron chi connectivity index (χ4n) is 2.59. The average molecular weight is 291 g/mol. The Bertz CT molecular complexity index is 511. The van der Waals surface area contributed by atoms with Crippen LogP contribution < -0.4 is 10.1 Å². The van der Waals surface area contributed by atoms with E-state index < -0.39 is 6.04 Å². The van der Waals surface area contributed by atoms with Crippen molar-refractivity contribution >= 4 is 17.5 Å². The van der Waals surface area contributed by atoms with E-state index in [9.17, 15) is 9.59 Å². The van der Waals surface area contributed by atoms with E-state index in [4.69, 9.17) is 4.74 Å². The molecular formula is C15H21N3O3. The van der Waals surface area contributed by atoms with E-state index >= 15 is 0 Å². The maximum atomic E-state index is 12.4. The largest absolute Gasteiger partial charge is 0.481 e. The van der Waals surface area contributed by atoms with Crippen LogP contribution in [-0.2, 0) is 9.59 Å². The molecule has 6 heteroatoms. The number of hydrogen-bond donors (Lipinski definition) is 1. The lowest BCUT2D eigenvalue weighted by Crippen LogP contribution is -2.41. The highest BCUT2D eigenvalue weighted by Crippen LogP contribution is 2.23. The summed E-state index contributed by atoms with van der Waals surface area (Å²) in [5, 5.41) is 3.08. The molecule has 2 amide bonds. The monoisotopic (exact) mass is 291 g/mol. The molecule has 1 saturated heterocycles. The van der Waals surface area contributed by atoms with Crippen molar-refractivity contribution in [3.63, 3.8) is 0 Å². The predicted octanol–water partition coefficient (Wildman–Crippen LogP) is 1.82. The van der Waals surface area contributed by atoms with E-state index in [1.807, 2.05) is 13.8 Å². The standard InChI is InChI=1S/C15H21N3O3/c1-4-11(5-2)18-14(19)8-12(15(18)20)17-10-6-7-13(21-3)16-9-10/h6-7,9,11-12,17H,4-5,8H2,1-3H3. The minimum Gasteiger partial charge on any atom is -0.481 e. The number of aromatic nitrogens is 1. The van der Waals surface area contributed by atoms with Gasteiger partial charge in [-0.2, -0.15) is 0 Å². The number of imide groups is 1. The van der Waals surface area contributed by atoms with Crippen LogP contribution in [0.4, 0.5) is 5.69 Å². The summed E-state index contributed by atoms with van der Waals surface area (Å²) >= 11 is 0. The summed E-state index contributed by atoms with van der Waals surface area (Å²) in [6, 6.07) is 2.98. The van der Waals surface area contributed by atoms with Gasteiger partial charge in [-0.1, -0.05) is 13.8 Å². The van der Waals surface area contributed by atoms with Gasteiger partial charge in [-0.05, 0) is 18.9 Å². The highest BCUT2D eigenvalue weighted by atomic mass is 16.5. The van der Waals surface area contributed by atoms with Gasteiger partial charge in [-0.3, -0.25) is 14.5 Å². The number of nitrogens with one attached hydrogen (secondary N) is 1. The van der Waals surface area contributed by atoms with Gasteiger partial charge in [0.2, 0.25) is 11.8 Å². The fraction of sp³-hybridized carbons (Fsp3) is 0.533. The molecule has 0 bridgehead atoms. The summed E-state index contributed by atoms with van der Waals surface area (Å²) in [4.78, 5) is 30.0. The maximum absolute atomic E-state index is 12.4. The number of ether oxygens (including phenoxy) is 1. The highest BCUT2D eigenvalue weighted by Gasteiger charge is 2.41. The minimum absolute atomic E-state index is 0.00853. The molecule has 1 aromatic rings. The molecule has 1 unspecified atom stereocenters. The number of nitrogens with zero attached hydrogens (tertiary/aromatic N) is 2. The predicted molar refractivity (Wildman–Crippen MR) is 79.0 cm³/mol. The van der Waals surface area contributed by atoms with Crippen molar-refractivity contribution < 1.29 is 14.3 Å². The van der Waals surface area contributed by atoms with Crippen LogP contribution in [0.1, 0.15) is 33.1 Å². The smallest absolute Gasteiger partial charge is 0.252 e. The first kappa shape index (κ1) is 15.3. The molecule has 0 saturated carbocycles. The SMILES string of the molecule is CCC(CC)N1C(=O)CC(Nc2ccc(OC)nc2)C1=O. The lowest BCUT2D eigenvalue weighted by atomic mass is 10.1. The molecule has 1 aromatic heterocycles. The molecule has 0 aliphatic carbocycles. The molecule has 1 aliphatic heterocycles. The number of likely N-dealkylation sites (tertiary alicyclic amines) is 1. The molecule has 2 rings (SSSR count). The molecule has 114 valence electrons. The van der Waals surface area contributed by atoms with Gasteiger partial charge in [0.1, 0.15) is 6.04 Å². The van der Waals surface area contributed by atoms with Crippen LogP contribution in [0.3, 0.4) is 0 Å². The second-order valence-corrected chi connectivity index (χ2v) is 5.06. The molecule has 0 spiro atoms. The van der Waals surface area contributed by atoms with Crippen molar-refractivity contribution in [2.75, 3.05) is 12.4 Å². The lowest BCUT2D eigenvalue weighted by molar-refractivity contribution is -0.141. The Balaban J connectivity index is 2.07. The Labute approximate surface area is 124 Å². The molecule has 1 fully saturated rings. The second kappa shape index (κ2) is 6.56. The van der Waals surface area contributed by atoms with E-state index in [0.717, 1.165) is 12.8 Å². The summed E-state index contributed by atoms with van der Waals surface area (Å²) < 4.78 is 4.99. The van der Waals surface area contributed by atoms with Crippen molar-refractivity contribution in [1.82, 2.24) is 9.88 Å². The molecule has 2 heterocycles. The van der Waals surface area contributed by atoms with Gasteiger partial charge in [0.25, 0.3) is 5.91 Å². The quantitative estimate of drug-likeness (QED) is 0.809. The first-order valence-corrected chi connectivity index (χ1v) is 7.23. The number of amides is 2. The van der Waals surface area contributed by atoms with Gasteiger partial charge in [0, 0.05) is 12.1 Å². The second-order valence-electron chi connectivity index (χ2n) is 5.06. The van der Waals surface area contributed by atoms with Gasteiger partial charge < -0.3 is 10.1 Å². The summed E-state index contributed by atoms with van der Waals surface area (Å²) in [5.74, 6) is 0.255. The zero-order chi connectivity index (χ0) is 15.4. The molecule has 0 radical (unpaired) electrons. The normalized spacial score (nSPS) is 18.5. The van der Waals surface area contributed by atoms with Crippen LogP contribution in [0.15, 0.2) is 18.3 Å². The molecule has 21 heavy (non-hydrogen) atoms. The van der Waals surface area contributed by atoms with Gasteiger partial charge in [0.05, 0.1) is 25.4 Å². The molecule has 1 atom stereocenters.